The molecule has 0 spiro atoms. The van der Waals surface area contributed by atoms with E-state index in [1.54, 1.807) is 0 Å². The lowest BCUT2D eigenvalue weighted by Crippen LogP contribution is -2.24. The number of rotatable bonds is 2. The van der Waals surface area contributed by atoms with Crippen molar-refractivity contribution in [2.45, 2.75) is 27.3 Å². The number of aromatic nitrogens is 1. The molecule has 0 atom stereocenters. The zero-order valence-corrected chi connectivity index (χ0v) is 11.1. The van der Waals surface area contributed by atoms with Crippen molar-refractivity contribution in [3.05, 3.63) is 35.5 Å². The first-order valence-corrected chi connectivity index (χ1v) is 6.03. The predicted octanol–water partition coefficient (Wildman–Crippen LogP) is 3.91. The van der Waals surface area contributed by atoms with Crippen molar-refractivity contribution < 1.29 is 4.79 Å². The molecule has 1 heterocycles. The molecule has 0 bridgehead atoms. The Morgan fingerprint density at radius 3 is 2.65 bits per heavy atom. The van der Waals surface area contributed by atoms with Gasteiger partial charge in [-0.05, 0) is 23.6 Å². The summed E-state index contributed by atoms with van der Waals surface area (Å²) in [5.41, 5.74) is 0.699. The second-order valence-electron chi connectivity index (χ2n) is 5.32. The van der Waals surface area contributed by atoms with Gasteiger partial charge in [-0.2, -0.15) is 0 Å². The van der Waals surface area contributed by atoms with Crippen LogP contribution >= 0.6 is 11.6 Å². The minimum atomic E-state index is -0.310. The molecule has 0 N–H and O–H groups in total. The molecule has 1 aromatic carbocycles. The Hall–Kier alpha value is -1.28. The molecule has 0 aliphatic heterocycles. The van der Waals surface area contributed by atoms with Gasteiger partial charge < -0.3 is 4.57 Å². The summed E-state index contributed by atoms with van der Waals surface area (Å²) >= 11 is 5.98. The maximum Gasteiger partial charge on any atom is 0.157 e. The van der Waals surface area contributed by atoms with Crippen LogP contribution in [0, 0.1) is 5.41 Å². The lowest BCUT2D eigenvalue weighted by molar-refractivity contribution is -0.126. The van der Waals surface area contributed by atoms with Gasteiger partial charge in [0.1, 0.15) is 0 Å². The van der Waals surface area contributed by atoms with Crippen LogP contribution in [0.15, 0.2) is 30.5 Å². The zero-order valence-electron chi connectivity index (χ0n) is 10.3. The highest BCUT2D eigenvalue weighted by Crippen LogP contribution is 2.22. The number of carbonyl (C=O) groups is 1. The largest absolute Gasteiger partial charge is 0.340 e. The fourth-order valence-corrected chi connectivity index (χ4v) is 1.85. The second-order valence-corrected chi connectivity index (χ2v) is 5.76. The Bertz CT molecular complexity index is 563. The van der Waals surface area contributed by atoms with Crippen LogP contribution < -0.4 is 0 Å². The van der Waals surface area contributed by atoms with Gasteiger partial charge in [-0.25, -0.2) is 0 Å². The maximum absolute atomic E-state index is 12.0. The highest BCUT2D eigenvalue weighted by atomic mass is 35.5. The Morgan fingerprint density at radius 1 is 1.29 bits per heavy atom. The molecule has 2 nitrogen and oxygen atoms in total. The van der Waals surface area contributed by atoms with Gasteiger partial charge in [-0.15, -0.1) is 0 Å². The standard InChI is InChI=1S/C14H16ClNO/c1-14(2,3)13(17)9-16-7-6-10-4-5-11(15)8-12(10)16/h4-8H,9H2,1-3H3. The summed E-state index contributed by atoms with van der Waals surface area (Å²) in [4.78, 5) is 12.0. The van der Waals surface area contributed by atoms with Crippen molar-refractivity contribution in [3.8, 4) is 0 Å². The number of hydrogen-bond acceptors (Lipinski definition) is 1. The topological polar surface area (TPSA) is 22.0 Å². The van der Waals surface area contributed by atoms with Crippen molar-refractivity contribution in [1.29, 1.82) is 0 Å². The summed E-state index contributed by atoms with van der Waals surface area (Å²) in [7, 11) is 0. The Kier molecular flexibility index (Phi) is 3.00. The van der Waals surface area contributed by atoms with Gasteiger partial charge >= 0.3 is 0 Å². The van der Waals surface area contributed by atoms with E-state index in [2.05, 4.69) is 0 Å². The summed E-state index contributed by atoms with van der Waals surface area (Å²) in [6, 6.07) is 7.73. The number of halogens is 1. The van der Waals surface area contributed by atoms with E-state index in [-0.39, 0.29) is 11.2 Å². The Morgan fingerprint density at radius 2 is 2.00 bits per heavy atom. The van der Waals surface area contributed by atoms with E-state index in [9.17, 15) is 4.79 Å². The van der Waals surface area contributed by atoms with Crippen LogP contribution in [0.25, 0.3) is 10.9 Å². The van der Waals surface area contributed by atoms with Crippen LogP contribution in [-0.4, -0.2) is 10.4 Å². The Balaban J connectivity index is 2.37. The molecule has 0 aliphatic carbocycles. The molecule has 0 saturated heterocycles. The lowest BCUT2D eigenvalue weighted by Gasteiger charge is -2.17. The average molecular weight is 250 g/mol. The number of ketones is 1. The van der Waals surface area contributed by atoms with E-state index in [0.717, 1.165) is 10.9 Å². The van der Waals surface area contributed by atoms with E-state index in [4.69, 9.17) is 11.6 Å². The highest BCUT2D eigenvalue weighted by Gasteiger charge is 2.21. The fraction of sp³-hybridized carbons (Fsp3) is 0.357. The SMILES string of the molecule is CC(C)(C)C(=O)Cn1ccc2ccc(Cl)cc21. The van der Waals surface area contributed by atoms with Crippen molar-refractivity contribution >= 4 is 28.3 Å². The van der Waals surface area contributed by atoms with E-state index in [0.29, 0.717) is 11.6 Å². The van der Waals surface area contributed by atoms with Crippen LogP contribution in [0.2, 0.25) is 5.02 Å². The zero-order chi connectivity index (χ0) is 12.6. The smallest absolute Gasteiger partial charge is 0.157 e. The van der Waals surface area contributed by atoms with Gasteiger partial charge in [0.2, 0.25) is 0 Å². The van der Waals surface area contributed by atoms with Gasteiger partial charge in [0.25, 0.3) is 0 Å². The van der Waals surface area contributed by atoms with E-state index in [1.807, 2.05) is 55.8 Å². The number of fused-ring (bicyclic) bond motifs is 1. The first kappa shape index (κ1) is 12.2. The quantitative estimate of drug-likeness (QED) is 0.791. The normalized spacial score (nSPS) is 12.0. The maximum atomic E-state index is 12.0. The average Bonchev–Trinajstić information content (AvgIpc) is 2.60. The second kappa shape index (κ2) is 4.19. The van der Waals surface area contributed by atoms with Gasteiger partial charge in [-0.3, -0.25) is 4.79 Å². The molecule has 2 rings (SSSR count). The van der Waals surface area contributed by atoms with Crippen LogP contribution in [-0.2, 0) is 11.3 Å². The van der Waals surface area contributed by atoms with E-state index >= 15 is 0 Å². The van der Waals surface area contributed by atoms with Gasteiger partial charge in [0, 0.05) is 22.2 Å². The third-order valence-electron chi connectivity index (χ3n) is 2.89. The first-order chi connectivity index (χ1) is 7.88. The van der Waals surface area contributed by atoms with Gasteiger partial charge in [-0.1, -0.05) is 38.4 Å². The van der Waals surface area contributed by atoms with Crippen LogP contribution in [0.4, 0.5) is 0 Å². The third-order valence-corrected chi connectivity index (χ3v) is 3.12. The van der Waals surface area contributed by atoms with Crippen molar-refractivity contribution in [2.24, 2.45) is 5.41 Å². The van der Waals surface area contributed by atoms with Crippen LogP contribution in [0.1, 0.15) is 20.8 Å². The molecule has 1 aromatic heterocycles. The van der Waals surface area contributed by atoms with E-state index < -0.39 is 0 Å². The monoisotopic (exact) mass is 249 g/mol. The number of nitrogens with zero attached hydrogens (tertiary/aromatic N) is 1. The molecule has 3 heteroatoms. The van der Waals surface area contributed by atoms with Gasteiger partial charge in [0.05, 0.1) is 6.54 Å². The summed E-state index contributed by atoms with van der Waals surface area (Å²) < 4.78 is 1.95. The number of Topliss-reactive ketones (excluding diaryl/α,β-unsaturated/α-hetero) is 1. The highest BCUT2D eigenvalue weighted by molar-refractivity contribution is 6.31. The van der Waals surface area contributed by atoms with Gasteiger partial charge in [0.15, 0.2) is 5.78 Å². The summed E-state index contributed by atoms with van der Waals surface area (Å²) in [6.45, 7) is 6.21. The molecule has 0 aliphatic rings. The molecular formula is C14H16ClNO. The third kappa shape index (κ3) is 2.52. The fourth-order valence-electron chi connectivity index (χ4n) is 1.69. The molecule has 0 saturated carbocycles. The molecule has 0 amide bonds. The molecule has 0 radical (unpaired) electrons. The molecule has 2 aromatic rings. The lowest BCUT2D eigenvalue weighted by atomic mass is 9.91. The summed E-state index contributed by atoms with van der Waals surface area (Å²) in [6.07, 6.45) is 1.94. The van der Waals surface area contributed by atoms with E-state index in [1.165, 1.54) is 0 Å². The summed E-state index contributed by atoms with van der Waals surface area (Å²) in [5.74, 6) is 0.218. The molecule has 90 valence electrons. The number of hydrogen-bond donors (Lipinski definition) is 0. The van der Waals surface area contributed by atoms with Crippen molar-refractivity contribution in [1.82, 2.24) is 4.57 Å². The molecular weight excluding hydrogens is 234 g/mol. The minimum Gasteiger partial charge on any atom is -0.340 e. The Labute approximate surface area is 106 Å². The van der Waals surface area contributed by atoms with Crippen LogP contribution in [0.3, 0.4) is 0 Å². The molecule has 17 heavy (non-hydrogen) atoms. The molecule has 0 fully saturated rings. The number of carbonyl (C=O) groups excluding carboxylic acids is 1. The summed E-state index contributed by atoms with van der Waals surface area (Å²) in [5, 5.41) is 1.80. The molecule has 0 unspecified atom stereocenters. The first-order valence-electron chi connectivity index (χ1n) is 5.65. The van der Waals surface area contributed by atoms with Crippen molar-refractivity contribution in [3.63, 3.8) is 0 Å². The van der Waals surface area contributed by atoms with Crippen molar-refractivity contribution in [2.75, 3.05) is 0 Å². The number of benzene rings is 1. The van der Waals surface area contributed by atoms with Crippen LogP contribution in [0.5, 0.6) is 0 Å². The minimum absolute atomic E-state index is 0.218. The predicted molar refractivity (Wildman–Crippen MR) is 71.4 cm³/mol.